The summed E-state index contributed by atoms with van der Waals surface area (Å²) in [6.45, 7) is 0.435. The third-order valence-corrected chi connectivity index (χ3v) is 4.68. The van der Waals surface area contributed by atoms with Crippen molar-refractivity contribution in [1.29, 1.82) is 5.26 Å². The molecule has 0 spiro atoms. The molecule has 2 aliphatic rings. The molecule has 1 amide bonds. The maximum atomic E-state index is 12.8. The molecule has 1 aliphatic heterocycles. The number of nitrogens with zero attached hydrogens (tertiary/aromatic N) is 3. The highest BCUT2D eigenvalue weighted by molar-refractivity contribution is 5.98. The number of carbonyl (C=O) groups is 1. The van der Waals surface area contributed by atoms with Gasteiger partial charge in [0.05, 0.1) is 23.9 Å². The van der Waals surface area contributed by atoms with Crippen LogP contribution < -0.4 is 10.4 Å². The Kier molecular flexibility index (Phi) is 4.52. The minimum absolute atomic E-state index is 0.0452. The van der Waals surface area contributed by atoms with Crippen molar-refractivity contribution in [2.24, 2.45) is 0 Å². The second kappa shape index (κ2) is 6.74. The largest absolute Gasteiger partial charge is 0.329 e. The fourth-order valence-corrected chi connectivity index (χ4v) is 3.37. The minimum Gasteiger partial charge on any atom is -0.329 e. The number of hydrazine groups is 1. The summed E-state index contributed by atoms with van der Waals surface area (Å²) in [5, 5.41) is 11.2. The lowest BCUT2D eigenvalue weighted by molar-refractivity contribution is -0.128. The third kappa shape index (κ3) is 3.16. The van der Waals surface area contributed by atoms with Crippen LogP contribution in [-0.4, -0.2) is 30.4 Å². The van der Waals surface area contributed by atoms with E-state index >= 15 is 0 Å². The lowest BCUT2D eigenvalue weighted by Crippen LogP contribution is -2.43. The molecule has 1 saturated carbocycles. The van der Waals surface area contributed by atoms with Crippen LogP contribution in [0.15, 0.2) is 41.6 Å². The Morgan fingerprint density at radius 1 is 1.22 bits per heavy atom. The molecular weight excluding hydrogens is 288 g/mol. The average Bonchev–Trinajstić information content (AvgIpc) is 2.92. The van der Waals surface area contributed by atoms with Crippen molar-refractivity contribution in [2.45, 2.75) is 38.1 Å². The zero-order valence-corrected chi connectivity index (χ0v) is 13.5. The van der Waals surface area contributed by atoms with Crippen LogP contribution in [0, 0.1) is 11.3 Å². The monoisotopic (exact) mass is 310 g/mol. The van der Waals surface area contributed by atoms with Gasteiger partial charge in [0.2, 0.25) is 0 Å². The van der Waals surface area contributed by atoms with Crippen LogP contribution in [0.2, 0.25) is 0 Å². The molecule has 120 valence electrons. The molecule has 0 unspecified atom stereocenters. The van der Waals surface area contributed by atoms with Gasteiger partial charge in [0.1, 0.15) is 5.70 Å². The van der Waals surface area contributed by atoms with Crippen LogP contribution in [0.3, 0.4) is 0 Å². The predicted molar refractivity (Wildman–Crippen MR) is 89.2 cm³/mol. The number of benzene rings is 1. The van der Waals surface area contributed by atoms with E-state index in [-0.39, 0.29) is 11.9 Å². The Morgan fingerprint density at radius 2 is 1.91 bits per heavy atom. The number of anilines is 1. The number of carbonyl (C=O) groups excluding carboxylic acids is 1. The van der Waals surface area contributed by atoms with E-state index in [0.29, 0.717) is 17.8 Å². The maximum Gasteiger partial charge on any atom is 0.273 e. The highest BCUT2D eigenvalue weighted by Gasteiger charge is 2.36. The smallest absolute Gasteiger partial charge is 0.273 e. The Bertz CT molecular complexity index is 641. The van der Waals surface area contributed by atoms with E-state index in [0.717, 1.165) is 18.5 Å². The molecule has 0 atom stereocenters. The molecule has 23 heavy (non-hydrogen) atoms. The molecule has 1 aromatic carbocycles. The zero-order chi connectivity index (χ0) is 16.2. The Hall–Kier alpha value is -2.48. The van der Waals surface area contributed by atoms with Crippen LogP contribution in [0.25, 0.3) is 0 Å². The fourth-order valence-electron chi connectivity index (χ4n) is 3.37. The van der Waals surface area contributed by atoms with E-state index in [2.05, 4.69) is 11.5 Å². The second-order valence-corrected chi connectivity index (χ2v) is 6.20. The summed E-state index contributed by atoms with van der Waals surface area (Å²) in [7, 11) is 1.86. The Labute approximate surface area is 137 Å². The van der Waals surface area contributed by atoms with E-state index < -0.39 is 0 Å². The van der Waals surface area contributed by atoms with Crippen LogP contribution >= 0.6 is 0 Å². The molecule has 1 N–H and O–H groups in total. The maximum absolute atomic E-state index is 12.8. The summed E-state index contributed by atoms with van der Waals surface area (Å²) >= 11 is 0. The summed E-state index contributed by atoms with van der Waals surface area (Å²) in [6.07, 6.45) is 5.68. The van der Waals surface area contributed by atoms with Crippen molar-refractivity contribution in [3.63, 3.8) is 0 Å². The normalized spacial score (nSPS) is 19.0. The molecule has 1 fully saturated rings. The molecule has 1 heterocycles. The molecule has 5 heteroatoms. The quantitative estimate of drug-likeness (QED) is 0.868. The number of hydrogen-bond acceptors (Lipinski definition) is 4. The van der Waals surface area contributed by atoms with Gasteiger partial charge in [-0.15, -0.1) is 0 Å². The molecule has 0 aromatic heterocycles. The number of para-hydroxylation sites is 1. The zero-order valence-electron chi connectivity index (χ0n) is 13.5. The van der Waals surface area contributed by atoms with Crippen LogP contribution in [0.1, 0.15) is 32.1 Å². The standard InChI is InChI=1S/C18H22N4O/c1-21(15-8-4-2-5-9-15)20-17-14(12-19)13-22(18(17)23)16-10-6-3-7-11-16/h2,4-5,8-9,16,20H,3,6-7,10-11,13H2,1H3. The summed E-state index contributed by atoms with van der Waals surface area (Å²) in [4.78, 5) is 14.6. The highest BCUT2D eigenvalue weighted by atomic mass is 16.2. The first-order chi connectivity index (χ1) is 11.2. The number of nitriles is 1. The summed E-state index contributed by atoms with van der Waals surface area (Å²) in [6, 6.07) is 12.2. The van der Waals surface area contributed by atoms with Gasteiger partial charge in [-0.25, -0.2) is 0 Å². The Balaban J connectivity index is 1.74. The SMILES string of the molecule is CN(NC1=C(C#N)CN(C2CCCCC2)C1=O)c1ccccc1. The van der Waals surface area contributed by atoms with Crippen molar-refractivity contribution in [1.82, 2.24) is 10.3 Å². The fraction of sp³-hybridized carbons (Fsp3) is 0.444. The average molecular weight is 310 g/mol. The predicted octanol–water partition coefficient (Wildman–Crippen LogP) is 2.58. The molecule has 5 nitrogen and oxygen atoms in total. The molecule has 0 bridgehead atoms. The van der Waals surface area contributed by atoms with Crippen molar-refractivity contribution >= 4 is 11.6 Å². The van der Waals surface area contributed by atoms with Gasteiger partial charge in [0, 0.05) is 13.1 Å². The summed E-state index contributed by atoms with van der Waals surface area (Å²) < 4.78 is 0. The molecule has 1 aliphatic carbocycles. The molecule has 0 saturated heterocycles. The van der Waals surface area contributed by atoms with Crippen molar-refractivity contribution in [3.05, 3.63) is 41.6 Å². The second-order valence-electron chi connectivity index (χ2n) is 6.20. The van der Waals surface area contributed by atoms with Crippen LogP contribution in [0.5, 0.6) is 0 Å². The van der Waals surface area contributed by atoms with E-state index in [1.165, 1.54) is 19.3 Å². The highest BCUT2D eigenvalue weighted by Crippen LogP contribution is 2.28. The van der Waals surface area contributed by atoms with Crippen molar-refractivity contribution in [2.75, 3.05) is 18.6 Å². The van der Waals surface area contributed by atoms with Gasteiger partial charge in [-0.2, -0.15) is 5.26 Å². The van der Waals surface area contributed by atoms with Gasteiger partial charge in [-0.3, -0.25) is 15.2 Å². The summed E-state index contributed by atoms with van der Waals surface area (Å²) in [5.74, 6) is -0.0452. The lowest BCUT2D eigenvalue weighted by atomic mass is 9.94. The van der Waals surface area contributed by atoms with E-state index in [1.54, 1.807) is 5.01 Å². The van der Waals surface area contributed by atoms with Crippen molar-refractivity contribution < 1.29 is 4.79 Å². The Morgan fingerprint density at radius 3 is 2.57 bits per heavy atom. The van der Waals surface area contributed by atoms with Crippen LogP contribution in [0.4, 0.5) is 5.69 Å². The molecule has 1 aromatic rings. The molecule has 3 rings (SSSR count). The molecule has 0 radical (unpaired) electrons. The van der Waals surface area contributed by atoms with Crippen molar-refractivity contribution in [3.8, 4) is 6.07 Å². The molecular formula is C18H22N4O. The first-order valence-corrected chi connectivity index (χ1v) is 8.20. The topological polar surface area (TPSA) is 59.4 Å². The number of amides is 1. The van der Waals surface area contributed by atoms with Gasteiger partial charge in [-0.05, 0) is 25.0 Å². The van der Waals surface area contributed by atoms with Crippen LogP contribution in [-0.2, 0) is 4.79 Å². The number of hydrogen-bond donors (Lipinski definition) is 1. The van der Waals surface area contributed by atoms with Gasteiger partial charge < -0.3 is 4.90 Å². The van der Waals surface area contributed by atoms with E-state index in [1.807, 2.05) is 42.3 Å². The van der Waals surface area contributed by atoms with Gasteiger partial charge in [0.25, 0.3) is 5.91 Å². The van der Waals surface area contributed by atoms with Gasteiger partial charge in [0.15, 0.2) is 0 Å². The van der Waals surface area contributed by atoms with Gasteiger partial charge in [-0.1, -0.05) is 37.5 Å². The van der Waals surface area contributed by atoms with E-state index in [9.17, 15) is 10.1 Å². The number of nitrogens with one attached hydrogen (secondary N) is 1. The third-order valence-electron chi connectivity index (χ3n) is 4.68. The lowest BCUT2D eigenvalue weighted by Gasteiger charge is -2.31. The first kappa shape index (κ1) is 15.4. The summed E-state index contributed by atoms with van der Waals surface area (Å²) in [5.41, 5.74) is 5.01. The minimum atomic E-state index is -0.0452. The number of rotatable bonds is 4. The van der Waals surface area contributed by atoms with E-state index in [4.69, 9.17) is 0 Å². The van der Waals surface area contributed by atoms with Gasteiger partial charge >= 0.3 is 0 Å². The first-order valence-electron chi connectivity index (χ1n) is 8.20.